The van der Waals surface area contributed by atoms with Gasteiger partial charge in [-0.05, 0) is 37.1 Å². The monoisotopic (exact) mass is 353 g/mol. The van der Waals surface area contributed by atoms with Gasteiger partial charge in [0.2, 0.25) is 0 Å². The van der Waals surface area contributed by atoms with E-state index in [1.165, 1.54) is 24.3 Å². The molecule has 7 nitrogen and oxygen atoms in total. The Balaban J connectivity index is 1.79. The molecule has 0 atom stereocenters. The molecule has 2 heterocycles. The number of rotatable bonds is 2. The Morgan fingerprint density at radius 1 is 0.923 bits per heavy atom. The molecule has 0 bridgehead atoms. The summed E-state index contributed by atoms with van der Waals surface area (Å²) in [6, 6.07) is 10.7. The second kappa shape index (κ2) is 6.51. The van der Waals surface area contributed by atoms with Crippen molar-refractivity contribution in [3.05, 3.63) is 62.8 Å². The van der Waals surface area contributed by atoms with Crippen LogP contribution < -0.4 is 14.9 Å². The maximum atomic E-state index is 12.4. The molecule has 0 saturated heterocycles. The van der Waals surface area contributed by atoms with Crippen LogP contribution in [0.3, 0.4) is 0 Å². The highest BCUT2D eigenvalue weighted by atomic mass is 16.6. The lowest BCUT2D eigenvalue weighted by Crippen LogP contribution is -2.08. The SMILES string of the molecule is O=c1cc(-c2ccc3c(c2)OCCCCO3)oc2ccc([N+](=O)[O-])cc12. The van der Waals surface area contributed by atoms with Crippen molar-refractivity contribution in [2.75, 3.05) is 13.2 Å². The van der Waals surface area contributed by atoms with Crippen molar-refractivity contribution in [3.63, 3.8) is 0 Å². The van der Waals surface area contributed by atoms with Gasteiger partial charge in [-0.15, -0.1) is 0 Å². The summed E-state index contributed by atoms with van der Waals surface area (Å²) in [5, 5.41) is 11.1. The van der Waals surface area contributed by atoms with Gasteiger partial charge in [0, 0.05) is 23.8 Å². The maximum Gasteiger partial charge on any atom is 0.270 e. The Morgan fingerprint density at radius 2 is 1.69 bits per heavy atom. The highest BCUT2D eigenvalue weighted by Gasteiger charge is 2.15. The van der Waals surface area contributed by atoms with Crippen molar-refractivity contribution in [3.8, 4) is 22.8 Å². The van der Waals surface area contributed by atoms with Crippen molar-refractivity contribution in [1.29, 1.82) is 0 Å². The third kappa shape index (κ3) is 2.99. The topological polar surface area (TPSA) is 91.8 Å². The van der Waals surface area contributed by atoms with E-state index in [0.29, 0.717) is 41.6 Å². The molecule has 132 valence electrons. The first-order valence-electron chi connectivity index (χ1n) is 8.24. The quantitative estimate of drug-likeness (QED) is 0.512. The summed E-state index contributed by atoms with van der Waals surface area (Å²) >= 11 is 0. The molecule has 26 heavy (non-hydrogen) atoms. The molecular weight excluding hydrogens is 338 g/mol. The van der Waals surface area contributed by atoms with Gasteiger partial charge in [0.1, 0.15) is 11.3 Å². The number of hydrogen-bond donors (Lipinski definition) is 0. The Bertz CT molecular complexity index is 1060. The molecule has 1 aliphatic heterocycles. The van der Waals surface area contributed by atoms with Gasteiger partial charge in [0.05, 0.1) is 23.5 Å². The van der Waals surface area contributed by atoms with E-state index in [9.17, 15) is 14.9 Å². The molecule has 2 aromatic carbocycles. The van der Waals surface area contributed by atoms with E-state index in [2.05, 4.69) is 0 Å². The number of ether oxygens (including phenoxy) is 2. The molecule has 0 unspecified atom stereocenters. The zero-order valence-corrected chi connectivity index (χ0v) is 13.8. The van der Waals surface area contributed by atoms with Gasteiger partial charge in [0.15, 0.2) is 16.9 Å². The van der Waals surface area contributed by atoms with Gasteiger partial charge in [-0.3, -0.25) is 14.9 Å². The molecule has 4 rings (SSSR count). The summed E-state index contributed by atoms with van der Waals surface area (Å²) in [6.45, 7) is 1.24. The smallest absolute Gasteiger partial charge is 0.270 e. The van der Waals surface area contributed by atoms with Gasteiger partial charge in [-0.25, -0.2) is 0 Å². The van der Waals surface area contributed by atoms with Crippen LogP contribution >= 0.6 is 0 Å². The molecule has 0 N–H and O–H groups in total. The van der Waals surface area contributed by atoms with Crippen molar-refractivity contribution in [1.82, 2.24) is 0 Å². The molecule has 0 radical (unpaired) electrons. The summed E-state index contributed by atoms with van der Waals surface area (Å²) in [5.41, 5.74) is 0.477. The van der Waals surface area contributed by atoms with E-state index in [4.69, 9.17) is 13.9 Å². The van der Waals surface area contributed by atoms with Crippen molar-refractivity contribution in [2.24, 2.45) is 0 Å². The lowest BCUT2D eigenvalue weighted by atomic mass is 10.1. The molecule has 0 amide bonds. The molecule has 1 aliphatic rings. The molecule has 0 fully saturated rings. The minimum Gasteiger partial charge on any atom is -0.490 e. The van der Waals surface area contributed by atoms with Gasteiger partial charge >= 0.3 is 0 Å². The highest BCUT2D eigenvalue weighted by molar-refractivity contribution is 5.81. The van der Waals surface area contributed by atoms with Crippen LogP contribution in [0, 0.1) is 10.1 Å². The number of hydrogen-bond acceptors (Lipinski definition) is 6. The summed E-state index contributed by atoms with van der Waals surface area (Å²) in [5.74, 6) is 1.63. The van der Waals surface area contributed by atoms with Gasteiger partial charge in [-0.1, -0.05) is 0 Å². The summed E-state index contributed by atoms with van der Waals surface area (Å²) in [4.78, 5) is 22.7. The van der Waals surface area contributed by atoms with Gasteiger partial charge < -0.3 is 13.9 Å². The average Bonchev–Trinajstić information content (AvgIpc) is 2.61. The van der Waals surface area contributed by atoms with Crippen molar-refractivity contribution >= 4 is 16.7 Å². The molecular formula is C19H15NO6. The fraction of sp³-hybridized carbons (Fsp3) is 0.211. The largest absolute Gasteiger partial charge is 0.490 e. The Labute approximate surface area is 147 Å². The first kappa shape index (κ1) is 16.1. The normalized spacial score (nSPS) is 13.8. The van der Waals surface area contributed by atoms with E-state index in [-0.39, 0.29) is 16.5 Å². The van der Waals surface area contributed by atoms with Crippen LogP contribution in [0.4, 0.5) is 5.69 Å². The minimum absolute atomic E-state index is 0.149. The van der Waals surface area contributed by atoms with E-state index in [0.717, 1.165) is 12.8 Å². The summed E-state index contributed by atoms with van der Waals surface area (Å²) < 4.78 is 17.2. The predicted octanol–water partition coefficient (Wildman–Crippen LogP) is 3.92. The first-order chi connectivity index (χ1) is 12.6. The van der Waals surface area contributed by atoms with E-state index < -0.39 is 4.92 Å². The standard InChI is InChI=1S/C19H15NO6/c21-15-11-18(26-16-6-4-13(20(22)23)10-14(15)16)12-3-5-17-19(9-12)25-8-2-1-7-24-17/h3-6,9-11H,1-2,7-8H2. The lowest BCUT2D eigenvalue weighted by Gasteiger charge is -2.17. The maximum absolute atomic E-state index is 12.4. The van der Waals surface area contributed by atoms with Crippen LogP contribution in [-0.2, 0) is 0 Å². The second-order valence-corrected chi connectivity index (χ2v) is 5.98. The zero-order valence-electron chi connectivity index (χ0n) is 13.8. The molecule has 1 aromatic heterocycles. The average molecular weight is 353 g/mol. The molecule has 0 spiro atoms. The number of fused-ring (bicyclic) bond motifs is 2. The van der Waals surface area contributed by atoms with Crippen molar-refractivity contribution < 1.29 is 18.8 Å². The summed E-state index contributed by atoms with van der Waals surface area (Å²) in [6.07, 6.45) is 1.85. The lowest BCUT2D eigenvalue weighted by molar-refractivity contribution is -0.384. The van der Waals surface area contributed by atoms with Crippen LogP contribution in [0.15, 0.2) is 51.7 Å². The Morgan fingerprint density at radius 3 is 2.46 bits per heavy atom. The number of non-ortho nitro benzene ring substituents is 1. The van der Waals surface area contributed by atoms with E-state index in [1.54, 1.807) is 18.2 Å². The fourth-order valence-electron chi connectivity index (χ4n) is 2.86. The van der Waals surface area contributed by atoms with Gasteiger partial charge in [-0.2, -0.15) is 0 Å². The highest BCUT2D eigenvalue weighted by Crippen LogP contribution is 2.34. The number of nitro benzene ring substituents is 1. The van der Waals surface area contributed by atoms with Crippen LogP contribution in [-0.4, -0.2) is 18.1 Å². The molecule has 0 aliphatic carbocycles. The first-order valence-corrected chi connectivity index (χ1v) is 8.24. The van der Waals surface area contributed by atoms with Crippen LogP contribution in [0.1, 0.15) is 12.8 Å². The third-order valence-electron chi connectivity index (χ3n) is 4.20. The van der Waals surface area contributed by atoms with Crippen LogP contribution in [0.5, 0.6) is 11.5 Å². The third-order valence-corrected chi connectivity index (χ3v) is 4.20. The van der Waals surface area contributed by atoms with Gasteiger partial charge in [0.25, 0.3) is 5.69 Å². The number of nitro groups is 1. The minimum atomic E-state index is -0.542. The van der Waals surface area contributed by atoms with Crippen LogP contribution in [0.25, 0.3) is 22.3 Å². The number of nitrogens with zero attached hydrogens (tertiary/aromatic N) is 1. The van der Waals surface area contributed by atoms with E-state index in [1.807, 2.05) is 0 Å². The Hall–Kier alpha value is -3.35. The second-order valence-electron chi connectivity index (χ2n) is 5.98. The number of benzene rings is 2. The van der Waals surface area contributed by atoms with Crippen molar-refractivity contribution in [2.45, 2.75) is 12.8 Å². The molecule has 0 saturated carbocycles. The summed E-state index contributed by atoms with van der Waals surface area (Å²) in [7, 11) is 0. The Kier molecular flexibility index (Phi) is 4.04. The molecule has 3 aromatic rings. The fourth-order valence-corrected chi connectivity index (χ4v) is 2.86. The zero-order chi connectivity index (χ0) is 18.1. The predicted molar refractivity (Wildman–Crippen MR) is 94.8 cm³/mol. The van der Waals surface area contributed by atoms with Crippen LogP contribution in [0.2, 0.25) is 0 Å². The molecule has 7 heteroatoms. The van der Waals surface area contributed by atoms with E-state index >= 15 is 0 Å².